The SMILES string of the molecule is Cc1ccc(CN2CCOCC2)cc1NC(=O)c1ccc(CN)cc1. The number of morpholine rings is 1. The number of nitrogens with zero attached hydrogens (tertiary/aromatic N) is 1. The fourth-order valence-electron chi connectivity index (χ4n) is 2.91. The van der Waals surface area contributed by atoms with E-state index in [2.05, 4.69) is 28.4 Å². The molecule has 3 rings (SSSR count). The first kappa shape index (κ1) is 17.6. The van der Waals surface area contributed by atoms with Crippen LogP contribution in [0.25, 0.3) is 0 Å². The van der Waals surface area contributed by atoms with Crippen LogP contribution >= 0.6 is 0 Å². The zero-order valence-electron chi connectivity index (χ0n) is 14.6. The fraction of sp³-hybridized carbons (Fsp3) is 0.350. The van der Waals surface area contributed by atoms with Gasteiger partial charge in [0.25, 0.3) is 5.91 Å². The number of anilines is 1. The van der Waals surface area contributed by atoms with E-state index < -0.39 is 0 Å². The molecule has 1 amide bonds. The maximum absolute atomic E-state index is 12.5. The average Bonchev–Trinajstić information content (AvgIpc) is 2.65. The number of carbonyl (C=O) groups excluding carboxylic acids is 1. The molecule has 1 aliphatic rings. The zero-order valence-corrected chi connectivity index (χ0v) is 14.6. The molecule has 1 fully saturated rings. The van der Waals surface area contributed by atoms with Crippen molar-refractivity contribution < 1.29 is 9.53 Å². The third-order valence-electron chi connectivity index (χ3n) is 4.51. The van der Waals surface area contributed by atoms with Crippen LogP contribution in [-0.2, 0) is 17.8 Å². The van der Waals surface area contributed by atoms with Gasteiger partial charge in [0, 0.05) is 37.4 Å². The van der Waals surface area contributed by atoms with Gasteiger partial charge in [-0.2, -0.15) is 0 Å². The van der Waals surface area contributed by atoms with Crippen molar-refractivity contribution in [3.63, 3.8) is 0 Å². The van der Waals surface area contributed by atoms with Crippen LogP contribution in [0.5, 0.6) is 0 Å². The lowest BCUT2D eigenvalue weighted by atomic mass is 10.1. The minimum Gasteiger partial charge on any atom is -0.379 e. The van der Waals surface area contributed by atoms with Gasteiger partial charge in [0.1, 0.15) is 0 Å². The monoisotopic (exact) mass is 339 g/mol. The molecule has 0 aliphatic carbocycles. The van der Waals surface area contributed by atoms with Gasteiger partial charge >= 0.3 is 0 Å². The highest BCUT2D eigenvalue weighted by atomic mass is 16.5. The average molecular weight is 339 g/mol. The Morgan fingerprint density at radius 2 is 1.80 bits per heavy atom. The Labute approximate surface area is 148 Å². The van der Waals surface area contributed by atoms with Crippen molar-refractivity contribution in [1.29, 1.82) is 0 Å². The normalized spacial score (nSPS) is 15.1. The molecule has 0 radical (unpaired) electrons. The van der Waals surface area contributed by atoms with E-state index in [1.54, 1.807) is 0 Å². The molecule has 1 aliphatic heterocycles. The van der Waals surface area contributed by atoms with Crippen molar-refractivity contribution in [2.75, 3.05) is 31.6 Å². The molecule has 5 heteroatoms. The summed E-state index contributed by atoms with van der Waals surface area (Å²) in [6.45, 7) is 6.82. The van der Waals surface area contributed by atoms with Crippen molar-refractivity contribution in [2.24, 2.45) is 5.73 Å². The smallest absolute Gasteiger partial charge is 0.255 e. The molecule has 25 heavy (non-hydrogen) atoms. The number of benzene rings is 2. The minimum absolute atomic E-state index is 0.102. The van der Waals surface area contributed by atoms with Gasteiger partial charge in [-0.05, 0) is 41.8 Å². The lowest BCUT2D eigenvalue weighted by molar-refractivity contribution is 0.0342. The van der Waals surface area contributed by atoms with E-state index in [1.165, 1.54) is 5.56 Å². The lowest BCUT2D eigenvalue weighted by Crippen LogP contribution is -2.35. The van der Waals surface area contributed by atoms with E-state index in [9.17, 15) is 4.79 Å². The Balaban J connectivity index is 1.69. The maximum atomic E-state index is 12.5. The summed E-state index contributed by atoms with van der Waals surface area (Å²) < 4.78 is 5.39. The Kier molecular flexibility index (Phi) is 5.81. The Morgan fingerprint density at radius 3 is 2.48 bits per heavy atom. The van der Waals surface area contributed by atoms with E-state index in [4.69, 9.17) is 10.5 Å². The second kappa shape index (κ2) is 8.25. The number of ether oxygens (including phenoxy) is 1. The molecule has 2 aromatic rings. The number of nitrogens with two attached hydrogens (primary N) is 1. The second-order valence-electron chi connectivity index (χ2n) is 6.39. The fourth-order valence-corrected chi connectivity index (χ4v) is 2.91. The van der Waals surface area contributed by atoms with Gasteiger partial charge in [-0.3, -0.25) is 9.69 Å². The van der Waals surface area contributed by atoms with Crippen LogP contribution in [0.4, 0.5) is 5.69 Å². The summed E-state index contributed by atoms with van der Waals surface area (Å²) >= 11 is 0. The summed E-state index contributed by atoms with van der Waals surface area (Å²) in [7, 11) is 0. The van der Waals surface area contributed by atoms with Crippen molar-refractivity contribution >= 4 is 11.6 Å². The van der Waals surface area contributed by atoms with Crippen molar-refractivity contribution in [1.82, 2.24) is 4.90 Å². The Bertz CT molecular complexity index is 722. The van der Waals surface area contributed by atoms with Crippen LogP contribution in [0.1, 0.15) is 27.0 Å². The van der Waals surface area contributed by atoms with E-state index >= 15 is 0 Å². The molecule has 5 nitrogen and oxygen atoms in total. The summed E-state index contributed by atoms with van der Waals surface area (Å²) in [5.41, 5.74) is 10.4. The third kappa shape index (κ3) is 4.66. The topological polar surface area (TPSA) is 67.6 Å². The van der Waals surface area contributed by atoms with E-state index in [0.29, 0.717) is 12.1 Å². The highest BCUT2D eigenvalue weighted by Crippen LogP contribution is 2.19. The summed E-state index contributed by atoms with van der Waals surface area (Å²) in [4.78, 5) is 14.9. The molecule has 0 aromatic heterocycles. The number of carbonyl (C=O) groups is 1. The van der Waals surface area contributed by atoms with Gasteiger partial charge in [0.15, 0.2) is 0 Å². The Morgan fingerprint density at radius 1 is 1.12 bits per heavy atom. The predicted octanol–water partition coefficient (Wildman–Crippen LogP) is 2.54. The van der Waals surface area contributed by atoms with Crippen molar-refractivity contribution in [3.8, 4) is 0 Å². The number of aryl methyl sites for hydroxylation is 1. The highest BCUT2D eigenvalue weighted by molar-refractivity contribution is 6.04. The standard InChI is InChI=1S/C20H25N3O2/c1-15-2-3-17(14-23-8-10-25-11-9-23)12-19(15)22-20(24)18-6-4-16(13-21)5-7-18/h2-7,12H,8-11,13-14,21H2,1H3,(H,22,24). The molecule has 2 aromatic carbocycles. The lowest BCUT2D eigenvalue weighted by Gasteiger charge is -2.26. The first-order valence-electron chi connectivity index (χ1n) is 8.65. The molecule has 0 atom stereocenters. The van der Waals surface area contributed by atoms with Crippen LogP contribution in [-0.4, -0.2) is 37.1 Å². The van der Waals surface area contributed by atoms with Crippen LogP contribution in [0, 0.1) is 6.92 Å². The molecule has 3 N–H and O–H groups in total. The molecule has 1 saturated heterocycles. The first-order valence-corrected chi connectivity index (χ1v) is 8.65. The van der Waals surface area contributed by atoms with Crippen LogP contribution in [0.15, 0.2) is 42.5 Å². The van der Waals surface area contributed by atoms with Gasteiger partial charge in [0.2, 0.25) is 0 Å². The number of amides is 1. The van der Waals surface area contributed by atoms with Gasteiger partial charge in [-0.1, -0.05) is 24.3 Å². The Hall–Kier alpha value is -2.21. The zero-order chi connectivity index (χ0) is 17.6. The van der Waals surface area contributed by atoms with E-state index in [0.717, 1.165) is 49.7 Å². The minimum atomic E-state index is -0.102. The number of hydrogen-bond acceptors (Lipinski definition) is 4. The number of rotatable bonds is 5. The van der Waals surface area contributed by atoms with Gasteiger partial charge < -0.3 is 15.8 Å². The summed E-state index contributed by atoms with van der Waals surface area (Å²) in [5, 5.41) is 3.03. The van der Waals surface area contributed by atoms with E-state index in [-0.39, 0.29) is 5.91 Å². The third-order valence-corrected chi connectivity index (χ3v) is 4.51. The largest absolute Gasteiger partial charge is 0.379 e. The molecule has 0 spiro atoms. The quantitative estimate of drug-likeness (QED) is 0.878. The van der Waals surface area contributed by atoms with Crippen LogP contribution in [0.2, 0.25) is 0 Å². The van der Waals surface area contributed by atoms with E-state index in [1.807, 2.05) is 31.2 Å². The van der Waals surface area contributed by atoms with Crippen LogP contribution in [0.3, 0.4) is 0 Å². The molecule has 0 saturated carbocycles. The van der Waals surface area contributed by atoms with Gasteiger partial charge in [-0.15, -0.1) is 0 Å². The summed E-state index contributed by atoms with van der Waals surface area (Å²) in [6.07, 6.45) is 0. The molecule has 0 unspecified atom stereocenters. The van der Waals surface area contributed by atoms with Gasteiger partial charge in [0.05, 0.1) is 13.2 Å². The molecular weight excluding hydrogens is 314 g/mol. The van der Waals surface area contributed by atoms with Crippen molar-refractivity contribution in [3.05, 3.63) is 64.7 Å². The number of hydrogen-bond donors (Lipinski definition) is 2. The summed E-state index contributed by atoms with van der Waals surface area (Å²) in [5.74, 6) is -0.102. The predicted molar refractivity (Wildman–Crippen MR) is 99.6 cm³/mol. The molecule has 132 valence electrons. The first-order chi connectivity index (χ1) is 12.2. The summed E-state index contributed by atoms with van der Waals surface area (Å²) in [6, 6.07) is 13.6. The second-order valence-corrected chi connectivity index (χ2v) is 6.39. The van der Waals surface area contributed by atoms with Crippen molar-refractivity contribution in [2.45, 2.75) is 20.0 Å². The van der Waals surface area contributed by atoms with Crippen LogP contribution < -0.4 is 11.1 Å². The number of nitrogens with one attached hydrogen (secondary N) is 1. The maximum Gasteiger partial charge on any atom is 0.255 e. The van der Waals surface area contributed by atoms with Gasteiger partial charge in [-0.25, -0.2) is 0 Å². The molecule has 1 heterocycles. The highest BCUT2D eigenvalue weighted by Gasteiger charge is 2.13. The molecule has 0 bridgehead atoms. The molecular formula is C20H25N3O2.